The van der Waals surface area contributed by atoms with Crippen molar-refractivity contribution in [2.24, 2.45) is 0 Å². The van der Waals surface area contributed by atoms with E-state index in [0.29, 0.717) is 10.8 Å². The van der Waals surface area contributed by atoms with E-state index in [1.807, 2.05) is 0 Å². The fourth-order valence-corrected chi connectivity index (χ4v) is 4.46. The summed E-state index contributed by atoms with van der Waals surface area (Å²) >= 11 is 0. The minimum atomic E-state index is -4.91. The summed E-state index contributed by atoms with van der Waals surface area (Å²) < 4.78 is 104. The summed E-state index contributed by atoms with van der Waals surface area (Å²) in [6, 6.07) is 7.59. The topological polar surface area (TPSA) is 52.6 Å². The maximum atomic E-state index is 12.2. The van der Waals surface area contributed by atoms with Crippen molar-refractivity contribution in [2.75, 3.05) is 0 Å². The van der Waals surface area contributed by atoms with Crippen LogP contribution >= 0.6 is 10.8 Å². The van der Waals surface area contributed by atoms with E-state index >= 15 is 0 Å². The molecule has 0 aromatic heterocycles. The molecule has 0 unspecified atom stereocenters. The molecule has 0 fully saturated rings. The second-order valence-electron chi connectivity index (χ2n) is 4.58. The number of benzene rings is 2. The molecule has 142 valence electrons. The third-order valence-corrected chi connectivity index (χ3v) is 5.96. The molecule has 2 rings (SSSR count). The van der Waals surface area contributed by atoms with Crippen molar-refractivity contribution in [3.05, 3.63) is 48.5 Å². The third kappa shape index (κ3) is 6.33. The molecule has 0 spiro atoms. The molecular weight excluding hydrogens is 410 g/mol. The molecule has 0 aliphatic carbocycles. The lowest BCUT2D eigenvalue weighted by molar-refractivity contribution is -0.275. The van der Waals surface area contributed by atoms with Gasteiger partial charge in [0.05, 0.1) is 4.90 Å². The van der Waals surface area contributed by atoms with Crippen LogP contribution in [0.4, 0.5) is 26.3 Å². The predicted molar refractivity (Wildman–Crippen MR) is 79.3 cm³/mol. The first kappa shape index (κ1) is 20.2. The lowest BCUT2D eigenvalue weighted by atomic mass is 10.3. The van der Waals surface area contributed by atoms with Crippen molar-refractivity contribution in [3.8, 4) is 11.5 Å². The smallest absolute Gasteiger partial charge is 0.406 e. The minimum Gasteiger partial charge on any atom is -0.406 e. The molecule has 0 bridgehead atoms. The third-order valence-electron chi connectivity index (χ3n) is 2.61. The van der Waals surface area contributed by atoms with Crippen LogP contribution in [0.2, 0.25) is 0 Å². The molecule has 12 heteroatoms. The van der Waals surface area contributed by atoms with Crippen molar-refractivity contribution < 1.29 is 44.2 Å². The van der Waals surface area contributed by atoms with E-state index in [2.05, 4.69) is 9.47 Å². The summed E-state index contributed by atoms with van der Waals surface area (Å²) in [5, 5.41) is 0. The fraction of sp³-hybridized carbons (Fsp3) is 0.143. The zero-order valence-corrected chi connectivity index (χ0v) is 14.0. The summed E-state index contributed by atoms with van der Waals surface area (Å²) in [6.07, 6.45) is -9.78. The van der Waals surface area contributed by atoms with Gasteiger partial charge in [-0.15, -0.1) is 26.3 Å². The highest BCUT2D eigenvalue weighted by Crippen LogP contribution is 2.34. The molecule has 0 aliphatic rings. The maximum absolute atomic E-state index is 12.2. The fourth-order valence-electron chi connectivity index (χ4n) is 1.68. The van der Waals surface area contributed by atoms with E-state index in [9.17, 15) is 34.8 Å². The molecular formula is C14H8F6O4S2. The van der Waals surface area contributed by atoms with Crippen molar-refractivity contribution >= 4 is 19.7 Å². The van der Waals surface area contributed by atoms with Gasteiger partial charge in [-0.3, -0.25) is 0 Å². The summed E-state index contributed by atoms with van der Waals surface area (Å²) in [6.45, 7) is 0. The molecule has 4 nitrogen and oxygen atoms in total. The SMILES string of the molecule is O=S(=O)(Sc1ccc(OC(F)(F)F)cc1)c1ccc(OC(F)(F)F)cc1. The lowest BCUT2D eigenvalue weighted by Gasteiger charge is -2.10. The summed E-state index contributed by atoms with van der Waals surface area (Å²) in [5.74, 6) is -1.11. The quantitative estimate of drug-likeness (QED) is 0.507. The number of rotatable bonds is 5. The molecule has 0 N–H and O–H groups in total. The number of alkyl halides is 6. The van der Waals surface area contributed by atoms with E-state index < -0.39 is 33.1 Å². The van der Waals surface area contributed by atoms with Crippen LogP contribution < -0.4 is 9.47 Å². The van der Waals surface area contributed by atoms with Gasteiger partial charge in [-0.2, -0.15) is 0 Å². The Labute approximate surface area is 147 Å². The molecule has 0 amide bonds. The van der Waals surface area contributed by atoms with E-state index in [1.165, 1.54) is 0 Å². The Kier molecular flexibility index (Phi) is 5.66. The summed E-state index contributed by atoms with van der Waals surface area (Å²) in [5.41, 5.74) is 0. The van der Waals surface area contributed by atoms with E-state index in [1.54, 1.807) is 0 Å². The van der Waals surface area contributed by atoms with Crippen LogP contribution in [0.15, 0.2) is 58.3 Å². The molecule has 2 aromatic rings. The standard InChI is InChI=1S/C14H8F6O4S2/c15-13(16,17)23-9-1-5-11(6-2-9)25-26(21,22)12-7-3-10(4-8-12)24-14(18,19)20/h1-8H. The Morgan fingerprint density at radius 1 is 0.692 bits per heavy atom. The van der Waals surface area contributed by atoms with Crippen LogP contribution in [0, 0.1) is 0 Å². The number of ether oxygens (including phenoxy) is 2. The zero-order valence-electron chi connectivity index (χ0n) is 12.3. The Morgan fingerprint density at radius 3 is 1.46 bits per heavy atom. The van der Waals surface area contributed by atoms with Crippen LogP contribution in [0.5, 0.6) is 11.5 Å². The Hall–Kier alpha value is -2.08. The van der Waals surface area contributed by atoms with E-state index in [-0.39, 0.29) is 9.79 Å². The summed E-state index contributed by atoms with van der Waals surface area (Å²) in [7, 11) is -3.69. The molecule has 0 saturated heterocycles. The highest BCUT2D eigenvalue weighted by atomic mass is 33.1. The molecule has 0 atom stereocenters. The highest BCUT2D eigenvalue weighted by molar-refractivity contribution is 8.72. The number of hydrogen-bond donors (Lipinski definition) is 0. The first-order valence-corrected chi connectivity index (χ1v) is 9.32. The van der Waals surface area contributed by atoms with Gasteiger partial charge in [0.15, 0.2) is 0 Å². The van der Waals surface area contributed by atoms with Crippen molar-refractivity contribution in [2.45, 2.75) is 22.5 Å². The van der Waals surface area contributed by atoms with Crippen molar-refractivity contribution in [1.29, 1.82) is 0 Å². The summed E-state index contributed by atoms with van der Waals surface area (Å²) in [4.78, 5) is -0.206. The molecule has 0 radical (unpaired) electrons. The largest absolute Gasteiger partial charge is 0.573 e. The monoisotopic (exact) mass is 418 g/mol. The molecule has 2 aromatic carbocycles. The molecule has 0 saturated carbocycles. The molecule has 0 heterocycles. The van der Waals surface area contributed by atoms with Gasteiger partial charge in [-0.25, -0.2) is 8.42 Å². The average molecular weight is 418 g/mol. The zero-order chi connectivity index (χ0) is 19.6. The Balaban J connectivity index is 2.11. The van der Waals surface area contributed by atoms with Crippen LogP contribution in [-0.4, -0.2) is 21.1 Å². The van der Waals surface area contributed by atoms with Crippen LogP contribution in [0.3, 0.4) is 0 Å². The predicted octanol–water partition coefficient (Wildman–Crippen LogP) is 4.96. The Bertz CT molecular complexity index is 843. The van der Waals surface area contributed by atoms with Gasteiger partial charge in [-0.1, -0.05) is 0 Å². The maximum Gasteiger partial charge on any atom is 0.573 e. The second-order valence-corrected chi connectivity index (χ2v) is 8.41. The molecule has 0 aliphatic heterocycles. The van der Waals surface area contributed by atoms with Gasteiger partial charge in [0.25, 0.3) is 0 Å². The van der Waals surface area contributed by atoms with Crippen molar-refractivity contribution in [1.82, 2.24) is 0 Å². The van der Waals surface area contributed by atoms with Gasteiger partial charge in [0.2, 0.25) is 8.87 Å². The van der Waals surface area contributed by atoms with Crippen LogP contribution in [0.1, 0.15) is 0 Å². The second kappa shape index (κ2) is 7.27. The van der Waals surface area contributed by atoms with E-state index in [0.717, 1.165) is 48.5 Å². The molecule has 26 heavy (non-hydrogen) atoms. The first-order chi connectivity index (χ1) is 11.8. The Morgan fingerprint density at radius 2 is 1.08 bits per heavy atom. The van der Waals surface area contributed by atoms with Gasteiger partial charge in [0.1, 0.15) is 11.5 Å². The highest BCUT2D eigenvalue weighted by Gasteiger charge is 2.32. The van der Waals surface area contributed by atoms with Gasteiger partial charge < -0.3 is 9.47 Å². The van der Waals surface area contributed by atoms with Crippen LogP contribution in [-0.2, 0) is 8.87 Å². The van der Waals surface area contributed by atoms with Gasteiger partial charge in [0, 0.05) is 15.7 Å². The number of halogens is 6. The first-order valence-electron chi connectivity index (χ1n) is 6.50. The van der Waals surface area contributed by atoms with Gasteiger partial charge in [-0.05, 0) is 48.5 Å². The lowest BCUT2D eigenvalue weighted by Crippen LogP contribution is -2.17. The normalized spacial score (nSPS) is 12.7. The van der Waals surface area contributed by atoms with Gasteiger partial charge >= 0.3 is 12.7 Å². The number of hydrogen-bond acceptors (Lipinski definition) is 5. The van der Waals surface area contributed by atoms with E-state index in [4.69, 9.17) is 0 Å². The average Bonchev–Trinajstić information content (AvgIpc) is 2.46. The minimum absolute atomic E-state index is 0.0927. The van der Waals surface area contributed by atoms with Crippen LogP contribution in [0.25, 0.3) is 0 Å². The van der Waals surface area contributed by atoms with Crippen molar-refractivity contribution in [3.63, 3.8) is 0 Å².